The van der Waals surface area contributed by atoms with E-state index in [2.05, 4.69) is 13.8 Å². The Bertz CT molecular complexity index is 244. The average Bonchev–Trinajstić information content (AvgIpc) is 2.51. The van der Waals surface area contributed by atoms with Crippen molar-refractivity contribution in [2.24, 2.45) is 5.92 Å². The zero-order chi connectivity index (χ0) is 16.5. The predicted octanol–water partition coefficient (Wildman–Crippen LogP) is 6.72. The first-order valence-electron chi connectivity index (χ1n) is 9.78. The van der Waals surface area contributed by atoms with Gasteiger partial charge in [0.15, 0.2) is 11.1 Å². The fraction of sp³-hybridized carbons (Fsp3) is 1.00. The van der Waals surface area contributed by atoms with E-state index in [1.165, 1.54) is 83.5 Å². The minimum atomic E-state index is -1.60. The lowest BCUT2D eigenvalue weighted by atomic mass is 9.95. The third-order valence-electron chi connectivity index (χ3n) is 4.74. The molecule has 22 heavy (non-hydrogen) atoms. The van der Waals surface area contributed by atoms with Crippen molar-refractivity contribution in [3.63, 3.8) is 0 Å². The highest BCUT2D eigenvalue weighted by atomic mass is 32.2. The molecule has 0 bridgehead atoms. The summed E-state index contributed by atoms with van der Waals surface area (Å²) in [5.41, 5.74) is 0. The maximum atomic E-state index is 10.7. The molecule has 0 aromatic rings. The lowest BCUT2D eigenvalue weighted by Crippen LogP contribution is -2.05. The topological polar surface area (TPSA) is 37.3 Å². The van der Waals surface area contributed by atoms with Gasteiger partial charge >= 0.3 is 0 Å². The number of hydrogen-bond donors (Lipinski definition) is 1. The van der Waals surface area contributed by atoms with Gasteiger partial charge in [-0.15, -0.1) is 0 Å². The normalized spacial score (nSPS) is 14.1. The van der Waals surface area contributed by atoms with Crippen molar-refractivity contribution in [2.75, 3.05) is 5.75 Å². The summed E-state index contributed by atoms with van der Waals surface area (Å²) in [4.78, 5) is 0. The molecule has 0 heterocycles. The third-order valence-corrected chi connectivity index (χ3v) is 5.33. The number of rotatable bonds is 17. The molecule has 0 amide bonds. The second-order valence-corrected chi connectivity index (χ2v) is 7.82. The molecule has 0 radical (unpaired) electrons. The summed E-state index contributed by atoms with van der Waals surface area (Å²) in [6.45, 7) is 4.47. The van der Waals surface area contributed by atoms with Crippen molar-refractivity contribution in [1.82, 2.24) is 0 Å². The first-order valence-corrected chi connectivity index (χ1v) is 11.1. The molecule has 2 atom stereocenters. The van der Waals surface area contributed by atoms with Gasteiger partial charge in [0, 0.05) is 5.75 Å². The summed E-state index contributed by atoms with van der Waals surface area (Å²) in [5, 5.41) is 0. The minimum absolute atomic E-state index is 0.455. The van der Waals surface area contributed by atoms with Gasteiger partial charge in [0.05, 0.1) is 0 Å². The van der Waals surface area contributed by atoms with Crippen molar-refractivity contribution in [3.8, 4) is 0 Å². The van der Waals surface area contributed by atoms with Gasteiger partial charge < -0.3 is 4.55 Å². The van der Waals surface area contributed by atoms with Crippen molar-refractivity contribution in [2.45, 2.75) is 110 Å². The highest BCUT2D eigenvalue weighted by Gasteiger charge is 2.07. The summed E-state index contributed by atoms with van der Waals surface area (Å²) in [5.74, 6) is 1.11. The van der Waals surface area contributed by atoms with Crippen LogP contribution in [0.2, 0.25) is 0 Å². The number of unbranched alkanes of at least 4 members (excludes halogenated alkanes) is 11. The van der Waals surface area contributed by atoms with Gasteiger partial charge in [-0.25, -0.2) is 4.21 Å². The Labute approximate surface area is 142 Å². The predicted molar refractivity (Wildman–Crippen MR) is 99.7 cm³/mol. The molecular weight excluding hydrogens is 292 g/mol. The molecule has 0 aromatic heterocycles. The molecule has 0 spiro atoms. The van der Waals surface area contributed by atoms with Crippen LogP contribution in [-0.2, 0) is 11.1 Å². The highest BCUT2D eigenvalue weighted by Crippen LogP contribution is 2.19. The van der Waals surface area contributed by atoms with Crippen LogP contribution in [-0.4, -0.2) is 14.5 Å². The van der Waals surface area contributed by atoms with Gasteiger partial charge in [0.25, 0.3) is 0 Å². The van der Waals surface area contributed by atoms with E-state index in [1.807, 2.05) is 0 Å². The van der Waals surface area contributed by atoms with Crippen LogP contribution < -0.4 is 0 Å². The molecule has 0 aliphatic heterocycles. The molecule has 0 fully saturated rings. The van der Waals surface area contributed by atoms with Crippen LogP contribution in [0.25, 0.3) is 0 Å². The molecular formula is C19H40O2S. The molecule has 3 heteroatoms. The Balaban J connectivity index is 3.23. The Hall–Kier alpha value is 0.110. The molecule has 2 unspecified atom stereocenters. The molecule has 0 saturated carbocycles. The maximum Gasteiger partial charge on any atom is 0.152 e. The van der Waals surface area contributed by atoms with Crippen molar-refractivity contribution in [1.29, 1.82) is 0 Å². The van der Waals surface area contributed by atoms with Gasteiger partial charge in [-0.1, -0.05) is 104 Å². The smallest absolute Gasteiger partial charge is 0.152 e. The fourth-order valence-corrected chi connectivity index (χ4v) is 3.63. The monoisotopic (exact) mass is 332 g/mol. The van der Waals surface area contributed by atoms with E-state index < -0.39 is 11.1 Å². The van der Waals surface area contributed by atoms with Crippen LogP contribution in [0.1, 0.15) is 110 Å². The Morgan fingerprint density at radius 3 is 1.59 bits per heavy atom. The first kappa shape index (κ1) is 22.1. The largest absolute Gasteiger partial charge is 0.306 e. The molecule has 0 rings (SSSR count). The van der Waals surface area contributed by atoms with Gasteiger partial charge in [0.1, 0.15) is 0 Å². The maximum absolute atomic E-state index is 10.7. The van der Waals surface area contributed by atoms with Crippen LogP contribution in [0.5, 0.6) is 0 Å². The van der Waals surface area contributed by atoms with E-state index in [1.54, 1.807) is 0 Å². The molecule has 134 valence electrons. The molecule has 2 nitrogen and oxygen atoms in total. The van der Waals surface area contributed by atoms with E-state index in [-0.39, 0.29) is 0 Å². The van der Waals surface area contributed by atoms with E-state index in [0.29, 0.717) is 11.7 Å². The molecule has 0 aliphatic carbocycles. The van der Waals surface area contributed by atoms with E-state index in [9.17, 15) is 4.21 Å². The van der Waals surface area contributed by atoms with E-state index in [4.69, 9.17) is 4.55 Å². The Morgan fingerprint density at radius 2 is 1.18 bits per heavy atom. The summed E-state index contributed by atoms with van der Waals surface area (Å²) in [6.07, 6.45) is 20.0. The van der Waals surface area contributed by atoms with Crippen LogP contribution in [0, 0.1) is 5.92 Å². The van der Waals surface area contributed by atoms with Crippen LogP contribution in [0.3, 0.4) is 0 Å². The van der Waals surface area contributed by atoms with Gasteiger partial charge in [-0.2, -0.15) is 0 Å². The van der Waals surface area contributed by atoms with Gasteiger partial charge in [-0.05, 0) is 12.3 Å². The zero-order valence-electron chi connectivity index (χ0n) is 15.2. The fourth-order valence-electron chi connectivity index (χ4n) is 3.09. The SMILES string of the molecule is CCCCCCCCCCCCCCC(CC)CCS(=O)O. The average molecular weight is 333 g/mol. The third kappa shape index (κ3) is 16.5. The summed E-state index contributed by atoms with van der Waals surface area (Å²) in [6, 6.07) is 0. The minimum Gasteiger partial charge on any atom is -0.306 e. The molecule has 0 aliphatic rings. The van der Waals surface area contributed by atoms with Crippen molar-refractivity contribution < 1.29 is 8.76 Å². The van der Waals surface area contributed by atoms with Gasteiger partial charge in [0.2, 0.25) is 0 Å². The lowest BCUT2D eigenvalue weighted by molar-refractivity contribution is 0.423. The van der Waals surface area contributed by atoms with Crippen molar-refractivity contribution >= 4 is 11.1 Å². The quantitative estimate of drug-likeness (QED) is 0.237. The summed E-state index contributed by atoms with van der Waals surface area (Å²) >= 11 is -1.60. The van der Waals surface area contributed by atoms with E-state index >= 15 is 0 Å². The zero-order valence-corrected chi connectivity index (χ0v) is 16.0. The van der Waals surface area contributed by atoms with Gasteiger partial charge in [-0.3, -0.25) is 0 Å². The molecule has 0 saturated heterocycles. The first-order chi connectivity index (χ1) is 10.7. The molecule has 1 N–H and O–H groups in total. The van der Waals surface area contributed by atoms with Crippen LogP contribution >= 0.6 is 0 Å². The second-order valence-electron chi connectivity index (χ2n) is 6.77. The second kappa shape index (κ2) is 17.5. The lowest BCUT2D eigenvalue weighted by Gasteiger charge is -2.13. The summed E-state index contributed by atoms with van der Waals surface area (Å²) in [7, 11) is 0. The van der Waals surface area contributed by atoms with Crippen LogP contribution in [0.4, 0.5) is 0 Å². The van der Waals surface area contributed by atoms with E-state index in [0.717, 1.165) is 12.8 Å². The van der Waals surface area contributed by atoms with Crippen molar-refractivity contribution in [3.05, 3.63) is 0 Å². The Morgan fingerprint density at radius 1 is 0.727 bits per heavy atom. The Kier molecular flexibility index (Phi) is 17.6. The number of hydrogen-bond acceptors (Lipinski definition) is 1. The highest BCUT2D eigenvalue weighted by molar-refractivity contribution is 7.79. The molecule has 0 aromatic carbocycles. The standard InChI is InChI=1S/C19H40O2S/c1-3-5-6-7-8-9-10-11-12-13-14-15-16-19(4-2)17-18-22(20)21/h19H,3-18H2,1-2H3,(H,20,21). The summed E-state index contributed by atoms with van der Waals surface area (Å²) < 4.78 is 19.5. The van der Waals surface area contributed by atoms with Crippen LogP contribution in [0.15, 0.2) is 0 Å².